The summed E-state index contributed by atoms with van der Waals surface area (Å²) in [4.78, 5) is 40.9. The fourth-order valence-electron chi connectivity index (χ4n) is 3.74. The minimum Gasteiger partial charge on any atom is -0.289 e. The van der Waals surface area contributed by atoms with Crippen molar-refractivity contribution in [3.8, 4) is 11.1 Å². The Bertz CT molecular complexity index is 1690. The van der Waals surface area contributed by atoms with Gasteiger partial charge < -0.3 is 0 Å². The molecule has 2 heterocycles. The molecule has 5 rings (SSSR count). The summed E-state index contributed by atoms with van der Waals surface area (Å²) in [6.07, 6.45) is 2.64. The van der Waals surface area contributed by atoms with Gasteiger partial charge in [-0.15, -0.1) is 11.3 Å². The molecule has 1 N–H and O–H groups in total. The first kappa shape index (κ1) is 22.1. The lowest BCUT2D eigenvalue weighted by Crippen LogP contribution is -2.30. The maximum atomic E-state index is 13.2. The number of benzene rings is 3. The molecule has 35 heavy (non-hydrogen) atoms. The number of thiophene rings is 1. The van der Waals surface area contributed by atoms with E-state index in [0.29, 0.717) is 15.8 Å². The molecule has 0 bridgehead atoms. The number of nitrogens with zero attached hydrogens (tertiary/aromatic N) is 4. The van der Waals surface area contributed by atoms with E-state index in [0.717, 1.165) is 21.9 Å². The molecule has 172 valence electrons. The van der Waals surface area contributed by atoms with Crippen LogP contribution in [0.1, 0.15) is 5.56 Å². The normalized spacial score (nSPS) is 11.3. The number of hydrazone groups is 1. The molecule has 0 radical (unpaired) electrons. The molecular formula is C25H17N5O4S. The van der Waals surface area contributed by atoms with Gasteiger partial charge in [-0.2, -0.15) is 5.10 Å². The minimum atomic E-state index is -0.530. The van der Waals surface area contributed by atoms with Crippen molar-refractivity contribution in [2.45, 2.75) is 6.54 Å². The van der Waals surface area contributed by atoms with Crippen LogP contribution in [0, 0.1) is 10.1 Å². The number of aromatic nitrogens is 2. The van der Waals surface area contributed by atoms with Crippen LogP contribution in [-0.4, -0.2) is 26.6 Å². The number of carbonyl (C=O) groups excluding carboxylic acids is 1. The summed E-state index contributed by atoms with van der Waals surface area (Å²) >= 11 is 1.37. The SMILES string of the molecule is O=C(Cn1cnc2scc(-c3ccc4ccccc4c3)c2c1=O)N/N=C/c1cccc([N+](=O)[O-])c1. The fourth-order valence-corrected chi connectivity index (χ4v) is 4.64. The Labute approximate surface area is 202 Å². The van der Waals surface area contributed by atoms with Crippen molar-refractivity contribution >= 4 is 50.1 Å². The van der Waals surface area contributed by atoms with Gasteiger partial charge in [0.25, 0.3) is 17.2 Å². The van der Waals surface area contributed by atoms with Gasteiger partial charge in [-0.25, -0.2) is 10.4 Å². The van der Waals surface area contributed by atoms with Crippen LogP contribution in [0.25, 0.3) is 32.1 Å². The number of nitro benzene ring substituents is 1. The Kier molecular flexibility index (Phi) is 5.86. The molecule has 3 aromatic carbocycles. The molecule has 1 amide bonds. The number of carbonyl (C=O) groups is 1. The summed E-state index contributed by atoms with van der Waals surface area (Å²) in [6, 6.07) is 19.8. The Morgan fingerprint density at radius 3 is 2.77 bits per heavy atom. The maximum Gasteiger partial charge on any atom is 0.270 e. The second-order valence-corrected chi connectivity index (χ2v) is 8.57. The van der Waals surface area contributed by atoms with Crippen LogP contribution in [0.3, 0.4) is 0 Å². The van der Waals surface area contributed by atoms with Crippen molar-refractivity contribution in [1.29, 1.82) is 0 Å². The summed E-state index contributed by atoms with van der Waals surface area (Å²) in [5.74, 6) is -0.530. The summed E-state index contributed by atoms with van der Waals surface area (Å²) in [6.45, 7) is -0.277. The first-order valence-corrected chi connectivity index (χ1v) is 11.4. The summed E-state index contributed by atoms with van der Waals surface area (Å²) in [5.41, 5.74) is 4.07. The number of fused-ring (bicyclic) bond motifs is 2. The smallest absolute Gasteiger partial charge is 0.270 e. The lowest BCUT2D eigenvalue weighted by Gasteiger charge is -2.06. The Balaban J connectivity index is 1.38. The minimum absolute atomic E-state index is 0.0795. The Morgan fingerprint density at radius 1 is 1.11 bits per heavy atom. The van der Waals surface area contributed by atoms with Crippen molar-refractivity contribution in [3.05, 3.63) is 104 Å². The molecule has 10 heteroatoms. The van der Waals surface area contributed by atoms with Gasteiger partial charge in [-0.1, -0.05) is 48.5 Å². The zero-order valence-corrected chi connectivity index (χ0v) is 18.9. The molecule has 0 saturated heterocycles. The summed E-state index contributed by atoms with van der Waals surface area (Å²) < 4.78 is 1.23. The van der Waals surface area contributed by atoms with Crippen molar-refractivity contribution < 1.29 is 9.72 Å². The molecule has 0 aliphatic carbocycles. The van der Waals surface area contributed by atoms with E-state index in [1.807, 2.05) is 47.8 Å². The largest absolute Gasteiger partial charge is 0.289 e. The highest BCUT2D eigenvalue weighted by Crippen LogP contribution is 2.32. The highest BCUT2D eigenvalue weighted by atomic mass is 32.1. The number of hydrogen-bond acceptors (Lipinski definition) is 7. The van der Waals surface area contributed by atoms with Gasteiger partial charge in [0.2, 0.25) is 0 Å². The lowest BCUT2D eigenvalue weighted by molar-refractivity contribution is -0.384. The van der Waals surface area contributed by atoms with E-state index in [9.17, 15) is 19.7 Å². The lowest BCUT2D eigenvalue weighted by atomic mass is 10.0. The maximum absolute atomic E-state index is 13.2. The highest BCUT2D eigenvalue weighted by Gasteiger charge is 2.15. The number of nitro groups is 1. The molecule has 0 atom stereocenters. The number of hydrogen-bond donors (Lipinski definition) is 1. The molecule has 0 unspecified atom stereocenters. The average molecular weight is 484 g/mol. The van der Waals surface area contributed by atoms with E-state index in [-0.39, 0.29) is 17.8 Å². The van der Waals surface area contributed by atoms with Crippen molar-refractivity contribution in [2.24, 2.45) is 5.10 Å². The average Bonchev–Trinajstić information content (AvgIpc) is 3.30. The van der Waals surface area contributed by atoms with Crippen LogP contribution < -0.4 is 11.0 Å². The molecule has 2 aromatic heterocycles. The van der Waals surface area contributed by atoms with Crippen LogP contribution in [0.5, 0.6) is 0 Å². The van der Waals surface area contributed by atoms with Gasteiger partial charge in [0.15, 0.2) is 0 Å². The van der Waals surface area contributed by atoms with E-state index in [2.05, 4.69) is 15.5 Å². The van der Waals surface area contributed by atoms with E-state index in [1.54, 1.807) is 6.07 Å². The van der Waals surface area contributed by atoms with Gasteiger partial charge in [0.1, 0.15) is 11.4 Å². The zero-order valence-electron chi connectivity index (χ0n) is 18.1. The molecular weight excluding hydrogens is 466 g/mol. The van der Waals surface area contributed by atoms with Gasteiger partial charge in [0, 0.05) is 28.6 Å². The monoisotopic (exact) mass is 483 g/mol. The Hall–Kier alpha value is -4.70. The summed E-state index contributed by atoms with van der Waals surface area (Å²) in [7, 11) is 0. The first-order chi connectivity index (χ1) is 17.0. The molecule has 0 saturated carbocycles. The molecule has 0 aliphatic rings. The second kappa shape index (κ2) is 9.27. The number of rotatable bonds is 6. The van der Waals surface area contributed by atoms with Gasteiger partial charge >= 0.3 is 0 Å². The van der Waals surface area contributed by atoms with E-state index >= 15 is 0 Å². The quantitative estimate of drug-likeness (QED) is 0.219. The molecule has 9 nitrogen and oxygen atoms in total. The van der Waals surface area contributed by atoms with E-state index < -0.39 is 10.8 Å². The van der Waals surface area contributed by atoms with Gasteiger partial charge in [-0.3, -0.25) is 24.3 Å². The van der Waals surface area contributed by atoms with Crippen LogP contribution in [0.2, 0.25) is 0 Å². The van der Waals surface area contributed by atoms with Gasteiger partial charge in [0.05, 0.1) is 22.9 Å². The second-order valence-electron chi connectivity index (χ2n) is 7.71. The summed E-state index contributed by atoms with van der Waals surface area (Å²) in [5, 5.41) is 19.2. The van der Waals surface area contributed by atoms with Gasteiger partial charge in [-0.05, 0) is 22.4 Å². The van der Waals surface area contributed by atoms with Crippen molar-refractivity contribution in [3.63, 3.8) is 0 Å². The number of non-ortho nitro benzene ring substituents is 1. The van der Waals surface area contributed by atoms with Crippen LogP contribution in [0.4, 0.5) is 5.69 Å². The van der Waals surface area contributed by atoms with Crippen molar-refractivity contribution in [2.75, 3.05) is 0 Å². The topological polar surface area (TPSA) is 119 Å². The Morgan fingerprint density at radius 2 is 1.94 bits per heavy atom. The van der Waals surface area contributed by atoms with E-state index in [1.165, 1.54) is 46.6 Å². The van der Waals surface area contributed by atoms with Crippen LogP contribution >= 0.6 is 11.3 Å². The molecule has 5 aromatic rings. The third-order valence-corrected chi connectivity index (χ3v) is 6.31. The van der Waals surface area contributed by atoms with Crippen LogP contribution in [0.15, 0.2) is 88.3 Å². The third kappa shape index (κ3) is 4.55. The number of amides is 1. The number of nitrogens with one attached hydrogen (secondary N) is 1. The predicted octanol–water partition coefficient (Wildman–Crippen LogP) is 4.34. The third-order valence-electron chi connectivity index (χ3n) is 5.42. The zero-order chi connectivity index (χ0) is 24.4. The molecule has 0 fully saturated rings. The predicted molar refractivity (Wildman–Crippen MR) is 136 cm³/mol. The van der Waals surface area contributed by atoms with Crippen molar-refractivity contribution in [1.82, 2.24) is 15.0 Å². The first-order valence-electron chi connectivity index (χ1n) is 10.5. The van der Waals surface area contributed by atoms with E-state index in [4.69, 9.17) is 0 Å². The fraction of sp³-hybridized carbons (Fsp3) is 0.0400. The molecule has 0 aliphatic heterocycles. The molecule has 0 spiro atoms. The van der Waals surface area contributed by atoms with Crippen LogP contribution in [-0.2, 0) is 11.3 Å². The standard InChI is InChI=1S/C25H17N5O4S/c31-22(28-27-12-16-4-3-7-20(10-16)30(33)34)13-29-15-26-24-23(25(29)32)21(14-35-24)19-9-8-17-5-1-2-6-18(17)11-19/h1-12,14-15H,13H2,(H,28,31)/b27-12+. The highest BCUT2D eigenvalue weighted by molar-refractivity contribution is 7.17.